The van der Waals surface area contributed by atoms with Crippen molar-refractivity contribution in [2.24, 2.45) is 10.9 Å². The maximum absolute atomic E-state index is 12.8. The Bertz CT molecular complexity index is 736. The Labute approximate surface area is 162 Å². The van der Waals surface area contributed by atoms with Gasteiger partial charge in [0.1, 0.15) is 0 Å². The fraction of sp³-hybridized carbons (Fsp3) is 0.412. The van der Waals surface area contributed by atoms with E-state index in [2.05, 4.69) is 20.5 Å². The number of carbonyl (C=O) groups is 2. The molecule has 1 aromatic carbocycles. The molecule has 2 aliphatic heterocycles. The van der Waals surface area contributed by atoms with Crippen LogP contribution in [0.1, 0.15) is 0 Å². The Kier molecular flexibility index (Phi) is 6.31. The fourth-order valence-electron chi connectivity index (χ4n) is 2.90. The number of nitrogens with zero attached hydrogens (tertiary/aromatic N) is 3. The maximum Gasteiger partial charge on any atom is 0.251 e. The number of amides is 2. The molecule has 0 bridgehead atoms. The molecule has 0 aromatic heterocycles. The minimum atomic E-state index is -1.01. The van der Waals surface area contributed by atoms with Crippen LogP contribution in [0.2, 0.25) is 5.02 Å². The van der Waals surface area contributed by atoms with E-state index in [1.807, 2.05) is 0 Å². The minimum absolute atomic E-state index is 0.0265. The Balaban J connectivity index is 1.67. The second kappa shape index (κ2) is 8.68. The van der Waals surface area contributed by atoms with Gasteiger partial charge in [-0.1, -0.05) is 23.7 Å². The molecule has 0 saturated carbocycles. The van der Waals surface area contributed by atoms with E-state index in [1.165, 1.54) is 11.1 Å². The van der Waals surface area contributed by atoms with Crippen molar-refractivity contribution >= 4 is 52.6 Å². The van der Waals surface area contributed by atoms with E-state index >= 15 is 0 Å². The van der Waals surface area contributed by atoms with Crippen molar-refractivity contribution in [1.82, 2.24) is 15.5 Å². The summed E-state index contributed by atoms with van der Waals surface area (Å²) >= 11 is 11.3. The monoisotopic (exact) mass is 393 g/mol. The minimum Gasteiger partial charge on any atom is -0.314 e. The number of hydrogen-bond acceptors (Lipinski definition) is 6. The lowest BCUT2D eigenvalue weighted by Crippen LogP contribution is -2.58. The van der Waals surface area contributed by atoms with Crippen molar-refractivity contribution in [2.75, 3.05) is 44.2 Å². The van der Waals surface area contributed by atoms with E-state index in [0.29, 0.717) is 17.3 Å². The first-order valence-electron chi connectivity index (χ1n) is 8.44. The highest BCUT2D eigenvalue weighted by Gasteiger charge is 2.38. The Morgan fingerprint density at radius 3 is 2.73 bits per heavy atom. The van der Waals surface area contributed by atoms with Crippen LogP contribution in [0, 0.1) is 5.92 Å². The van der Waals surface area contributed by atoms with E-state index in [4.69, 9.17) is 23.8 Å². The number of nitrogens with one attached hydrogen (secondary N) is 2. The molecular weight excluding hydrogens is 374 g/mol. The summed E-state index contributed by atoms with van der Waals surface area (Å²) in [4.78, 5) is 32.8. The SMILES string of the molecule is O=C1NC(=S)N(c2ccccc2Cl)C(=O)[C@@H]1C=NCCN1CCNCC1. The van der Waals surface area contributed by atoms with Gasteiger partial charge in [0, 0.05) is 38.9 Å². The predicted octanol–water partition coefficient (Wildman–Crippen LogP) is 0.680. The van der Waals surface area contributed by atoms with Gasteiger partial charge in [-0.3, -0.25) is 24.4 Å². The number of halogens is 1. The number of anilines is 1. The van der Waals surface area contributed by atoms with Gasteiger partial charge in [0.15, 0.2) is 11.0 Å². The van der Waals surface area contributed by atoms with Gasteiger partial charge in [0.2, 0.25) is 5.91 Å². The molecule has 2 fully saturated rings. The maximum atomic E-state index is 12.8. The molecule has 2 saturated heterocycles. The number of piperazine rings is 1. The molecule has 138 valence electrons. The lowest BCUT2D eigenvalue weighted by Gasteiger charge is -2.31. The van der Waals surface area contributed by atoms with E-state index in [0.717, 1.165) is 32.7 Å². The van der Waals surface area contributed by atoms with Crippen LogP contribution in [0.15, 0.2) is 29.3 Å². The third-order valence-corrected chi connectivity index (χ3v) is 4.91. The van der Waals surface area contributed by atoms with E-state index in [9.17, 15) is 9.59 Å². The number of rotatable bonds is 5. The summed E-state index contributed by atoms with van der Waals surface area (Å²) in [5, 5.41) is 6.26. The van der Waals surface area contributed by atoms with Crippen molar-refractivity contribution < 1.29 is 9.59 Å². The Hall–Kier alpha value is -1.87. The average Bonchev–Trinajstić information content (AvgIpc) is 2.63. The summed E-state index contributed by atoms with van der Waals surface area (Å²) in [6.07, 6.45) is 1.41. The van der Waals surface area contributed by atoms with Gasteiger partial charge in [-0.25, -0.2) is 0 Å². The number of thiocarbonyl (C=S) groups is 1. The molecule has 2 aliphatic rings. The van der Waals surface area contributed by atoms with Crippen LogP contribution in [0.5, 0.6) is 0 Å². The third-order valence-electron chi connectivity index (χ3n) is 4.30. The second-order valence-corrected chi connectivity index (χ2v) is 6.84. The summed E-state index contributed by atoms with van der Waals surface area (Å²) in [5.74, 6) is -1.92. The quantitative estimate of drug-likeness (QED) is 0.437. The van der Waals surface area contributed by atoms with E-state index in [1.54, 1.807) is 24.3 Å². The molecule has 7 nitrogen and oxygen atoms in total. The van der Waals surface area contributed by atoms with Gasteiger partial charge >= 0.3 is 0 Å². The average molecular weight is 394 g/mol. The molecule has 1 atom stereocenters. The lowest BCUT2D eigenvalue weighted by molar-refractivity contribution is -0.130. The van der Waals surface area contributed by atoms with Gasteiger partial charge in [-0.2, -0.15) is 0 Å². The van der Waals surface area contributed by atoms with Crippen LogP contribution >= 0.6 is 23.8 Å². The highest BCUT2D eigenvalue weighted by molar-refractivity contribution is 7.80. The van der Waals surface area contributed by atoms with E-state index in [-0.39, 0.29) is 5.11 Å². The zero-order valence-electron chi connectivity index (χ0n) is 14.2. The third kappa shape index (κ3) is 4.27. The van der Waals surface area contributed by atoms with Crippen molar-refractivity contribution in [3.05, 3.63) is 29.3 Å². The standard InChI is InChI=1S/C17H20ClN5O2S/c18-13-3-1-2-4-14(13)23-16(25)12(15(24)21-17(23)26)11-20-7-10-22-8-5-19-6-9-22/h1-4,11-12,19H,5-10H2,(H,21,24,26)/t12-/m1/s1. The second-order valence-electron chi connectivity index (χ2n) is 6.04. The van der Waals surface area contributed by atoms with Gasteiger partial charge < -0.3 is 10.6 Å². The summed E-state index contributed by atoms with van der Waals surface area (Å²) in [7, 11) is 0. The summed E-state index contributed by atoms with van der Waals surface area (Å²) in [6, 6.07) is 6.86. The molecule has 2 amide bonds. The van der Waals surface area contributed by atoms with Crippen molar-refractivity contribution in [1.29, 1.82) is 0 Å². The van der Waals surface area contributed by atoms with Crippen LogP contribution in [-0.4, -0.2) is 67.3 Å². The van der Waals surface area contributed by atoms with Crippen LogP contribution in [0.3, 0.4) is 0 Å². The zero-order valence-corrected chi connectivity index (χ0v) is 15.7. The van der Waals surface area contributed by atoms with Gasteiger partial charge in [0.25, 0.3) is 5.91 Å². The molecule has 0 spiro atoms. The van der Waals surface area contributed by atoms with Crippen LogP contribution < -0.4 is 15.5 Å². The van der Waals surface area contributed by atoms with Crippen molar-refractivity contribution in [3.63, 3.8) is 0 Å². The summed E-state index contributed by atoms with van der Waals surface area (Å²) in [5.41, 5.74) is 0.448. The van der Waals surface area contributed by atoms with Crippen LogP contribution in [0.4, 0.5) is 5.69 Å². The number of para-hydroxylation sites is 1. The molecule has 2 heterocycles. The normalized spacial score (nSPS) is 22.1. The molecule has 2 N–H and O–H groups in total. The van der Waals surface area contributed by atoms with Gasteiger partial charge in [0.05, 0.1) is 17.3 Å². The Morgan fingerprint density at radius 1 is 1.27 bits per heavy atom. The first kappa shape index (κ1) is 18.9. The smallest absolute Gasteiger partial charge is 0.251 e. The molecule has 0 unspecified atom stereocenters. The molecular formula is C17H20ClN5O2S. The van der Waals surface area contributed by atoms with Crippen molar-refractivity contribution in [2.45, 2.75) is 0 Å². The van der Waals surface area contributed by atoms with E-state index < -0.39 is 17.7 Å². The largest absolute Gasteiger partial charge is 0.314 e. The van der Waals surface area contributed by atoms with Gasteiger partial charge in [-0.15, -0.1) is 0 Å². The van der Waals surface area contributed by atoms with Crippen LogP contribution in [-0.2, 0) is 9.59 Å². The molecule has 0 aliphatic carbocycles. The number of aliphatic imine (C=N–C) groups is 1. The lowest BCUT2D eigenvalue weighted by atomic mass is 10.1. The van der Waals surface area contributed by atoms with Crippen molar-refractivity contribution in [3.8, 4) is 0 Å². The highest BCUT2D eigenvalue weighted by Crippen LogP contribution is 2.28. The predicted molar refractivity (Wildman–Crippen MR) is 106 cm³/mol. The first-order chi connectivity index (χ1) is 12.6. The highest BCUT2D eigenvalue weighted by atomic mass is 35.5. The van der Waals surface area contributed by atoms with Crippen LogP contribution in [0.25, 0.3) is 0 Å². The number of carbonyl (C=O) groups excluding carboxylic acids is 2. The molecule has 0 radical (unpaired) electrons. The fourth-order valence-corrected chi connectivity index (χ4v) is 3.41. The zero-order chi connectivity index (χ0) is 18.5. The van der Waals surface area contributed by atoms with Gasteiger partial charge in [-0.05, 0) is 24.4 Å². The molecule has 1 aromatic rings. The first-order valence-corrected chi connectivity index (χ1v) is 9.23. The molecule has 3 rings (SSSR count). The summed E-state index contributed by atoms with van der Waals surface area (Å²) < 4.78 is 0. The summed E-state index contributed by atoms with van der Waals surface area (Å²) in [6.45, 7) is 5.23. The molecule has 26 heavy (non-hydrogen) atoms. The molecule has 9 heteroatoms. The number of hydrogen-bond donors (Lipinski definition) is 2. The Morgan fingerprint density at radius 2 is 2.00 bits per heavy atom. The topological polar surface area (TPSA) is 77.0 Å². The number of benzene rings is 1.